The first-order valence-electron chi connectivity index (χ1n) is 6.67. The van der Waals surface area contributed by atoms with E-state index in [0.29, 0.717) is 6.54 Å². The van der Waals surface area contributed by atoms with Crippen LogP contribution in [0.3, 0.4) is 0 Å². The third kappa shape index (κ3) is 2.86. The molecule has 2 unspecified atom stereocenters. The molecule has 1 heterocycles. The molecule has 0 aromatic heterocycles. The van der Waals surface area contributed by atoms with Gasteiger partial charge in [-0.1, -0.05) is 18.2 Å². The fraction of sp³-hybridized carbons (Fsp3) is 0.500. The fourth-order valence-electron chi connectivity index (χ4n) is 2.42. The van der Waals surface area contributed by atoms with Crippen LogP contribution in [-0.4, -0.2) is 32.4 Å². The zero-order valence-corrected chi connectivity index (χ0v) is 12.6. The molecule has 1 aromatic rings. The van der Waals surface area contributed by atoms with Crippen molar-refractivity contribution in [2.75, 3.05) is 17.7 Å². The zero-order valence-electron chi connectivity index (χ0n) is 11.7. The summed E-state index contributed by atoms with van der Waals surface area (Å²) in [5.74, 6) is -0.381. The standard InChI is InChI=1S/C14H20N2O3S/c1-10(20(2,18)19)14(17)16-9-5-7-12(15)11-6-3-4-8-13(11)16/h3-4,6,8,10,12H,5,7,9,15H2,1-2H3. The molecule has 1 aliphatic heterocycles. The van der Waals surface area contributed by atoms with Crippen LogP contribution >= 0.6 is 0 Å². The molecule has 5 nitrogen and oxygen atoms in total. The Kier molecular flexibility index (Phi) is 4.15. The van der Waals surface area contributed by atoms with Crippen molar-refractivity contribution in [3.05, 3.63) is 29.8 Å². The highest BCUT2D eigenvalue weighted by atomic mass is 32.2. The van der Waals surface area contributed by atoms with Gasteiger partial charge in [-0.2, -0.15) is 0 Å². The summed E-state index contributed by atoms with van der Waals surface area (Å²) in [5, 5.41) is -1.04. The Balaban J connectivity index is 2.42. The van der Waals surface area contributed by atoms with Gasteiger partial charge in [-0.25, -0.2) is 8.42 Å². The largest absolute Gasteiger partial charge is 0.324 e. The molecule has 2 rings (SSSR count). The van der Waals surface area contributed by atoms with Crippen LogP contribution in [0.2, 0.25) is 0 Å². The number of carbonyl (C=O) groups is 1. The predicted octanol–water partition coefficient (Wildman–Crippen LogP) is 1.25. The van der Waals surface area contributed by atoms with Crippen LogP contribution in [0.1, 0.15) is 31.4 Å². The number of rotatable bonds is 2. The Morgan fingerprint density at radius 1 is 1.40 bits per heavy atom. The van der Waals surface area contributed by atoms with Crippen LogP contribution in [0.25, 0.3) is 0 Å². The van der Waals surface area contributed by atoms with Crippen LogP contribution < -0.4 is 10.6 Å². The van der Waals surface area contributed by atoms with E-state index >= 15 is 0 Å². The van der Waals surface area contributed by atoms with Gasteiger partial charge in [0.2, 0.25) is 5.91 Å². The first kappa shape index (κ1) is 15.0. The van der Waals surface area contributed by atoms with Gasteiger partial charge in [0.25, 0.3) is 0 Å². The summed E-state index contributed by atoms with van der Waals surface area (Å²) in [4.78, 5) is 14.0. The van der Waals surface area contributed by atoms with Crippen LogP contribution in [0, 0.1) is 0 Å². The van der Waals surface area contributed by atoms with Crippen molar-refractivity contribution in [3.63, 3.8) is 0 Å². The number of nitrogens with zero attached hydrogens (tertiary/aromatic N) is 1. The van der Waals surface area contributed by atoms with Crippen molar-refractivity contribution in [1.29, 1.82) is 0 Å². The molecule has 0 bridgehead atoms. The lowest BCUT2D eigenvalue weighted by atomic mass is 10.0. The molecule has 0 saturated heterocycles. The maximum Gasteiger partial charge on any atom is 0.245 e. The first-order chi connectivity index (χ1) is 9.32. The number of sulfone groups is 1. The quantitative estimate of drug-likeness (QED) is 0.890. The second-order valence-electron chi connectivity index (χ2n) is 5.27. The third-order valence-corrected chi connectivity index (χ3v) is 5.27. The lowest BCUT2D eigenvalue weighted by molar-refractivity contribution is -0.118. The summed E-state index contributed by atoms with van der Waals surface area (Å²) in [7, 11) is -3.40. The summed E-state index contributed by atoms with van der Waals surface area (Å²) in [6.45, 7) is 1.94. The number of anilines is 1. The van der Waals surface area contributed by atoms with Gasteiger partial charge in [-0.05, 0) is 31.4 Å². The molecule has 0 saturated carbocycles. The molecule has 1 aliphatic rings. The number of para-hydroxylation sites is 1. The van der Waals surface area contributed by atoms with Crippen LogP contribution in [0.4, 0.5) is 5.69 Å². The minimum atomic E-state index is -3.40. The van der Waals surface area contributed by atoms with Crippen molar-refractivity contribution >= 4 is 21.4 Å². The Labute approximate surface area is 119 Å². The van der Waals surface area contributed by atoms with Crippen molar-refractivity contribution in [3.8, 4) is 0 Å². The maximum atomic E-state index is 12.5. The molecule has 2 N–H and O–H groups in total. The van der Waals surface area contributed by atoms with Crippen molar-refractivity contribution in [2.45, 2.75) is 31.1 Å². The summed E-state index contributed by atoms with van der Waals surface area (Å²) in [6.07, 6.45) is 2.64. The first-order valence-corrected chi connectivity index (χ1v) is 8.62. The van der Waals surface area contributed by atoms with E-state index in [-0.39, 0.29) is 11.9 Å². The molecule has 0 radical (unpaired) electrons. The normalized spacial score (nSPS) is 20.9. The summed E-state index contributed by atoms with van der Waals surface area (Å²) in [6, 6.07) is 7.33. The minimum absolute atomic E-state index is 0.113. The average molecular weight is 296 g/mol. The molecule has 1 aromatic carbocycles. The molecule has 110 valence electrons. The van der Waals surface area contributed by atoms with E-state index in [9.17, 15) is 13.2 Å². The van der Waals surface area contributed by atoms with Gasteiger partial charge in [0.1, 0.15) is 5.25 Å². The van der Waals surface area contributed by atoms with Gasteiger partial charge in [0.05, 0.1) is 0 Å². The lowest BCUT2D eigenvalue weighted by Gasteiger charge is -2.25. The number of nitrogens with two attached hydrogens (primary N) is 1. The molecular formula is C14H20N2O3S. The number of benzene rings is 1. The smallest absolute Gasteiger partial charge is 0.245 e. The number of hydrogen-bond acceptors (Lipinski definition) is 4. The summed E-state index contributed by atoms with van der Waals surface area (Å²) >= 11 is 0. The molecule has 20 heavy (non-hydrogen) atoms. The van der Waals surface area contributed by atoms with E-state index in [2.05, 4.69) is 0 Å². The maximum absolute atomic E-state index is 12.5. The van der Waals surface area contributed by atoms with E-state index in [0.717, 1.165) is 30.3 Å². The highest BCUT2D eigenvalue weighted by Gasteiger charge is 2.31. The van der Waals surface area contributed by atoms with Crippen LogP contribution in [0.15, 0.2) is 24.3 Å². The second-order valence-corrected chi connectivity index (χ2v) is 7.64. The van der Waals surface area contributed by atoms with Gasteiger partial charge in [0, 0.05) is 24.5 Å². The lowest BCUT2D eigenvalue weighted by Crippen LogP contribution is -2.41. The van der Waals surface area contributed by atoms with Crippen molar-refractivity contribution in [2.24, 2.45) is 5.73 Å². The molecule has 2 atom stereocenters. The van der Waals surface area contributed by atoms with Gasteiger partial charge < -0.3 is 10.6 Å². The molecule has 0 fully saturated rings. The Bertz CT molecular complexity index is 613. The average Bonchev–Trinajstić information content (AvgIpc) is 2.56. The molecule has 6 heteroatoms. The fourth-order valence-corrected chi connectivity index (χ4v) is 2.92. The molecule has 0 spiro atoms. The topological polar surface area (TPSA) is 80.5 Å². The minimum Gasteiger partial charge on any atom is -0.324 e. The van der Waals surface area contributed by atoms with E-state index in [1.165, 1.54) is 6.92 Å². The monoisotopic (exact) mass is 296 g/mol. The van der Waals surface area contributed by atoms with Crippen molar-refractivity contribution in [1.82, 2.24) is 0 Å². The highest BCUT2D eigenvalue weighted by molar-refractivity contribution is 7.92. The van der Waals surface area contributed by atoms with Gasteiger partial charge in [-0.15, -0.1) is 0 Å². The molecular weight excluding hydrogens is 276 g/mol. The number of carbonyl (C=O) groups excluding carboxylic acids is 1. The summed E-state index contributed by atoms with van der Waals surface area (Å²) in [5.41, 5.74) is 7.75. The number of hydrogen-bond donors (Lipinski definition) is 1. The Hall–Kier alpha value is -1.40. The van der Waals surface area contributed by atoms with Crippen LogP contribution in [-0.2, 0) is 14.6 Å². The number of amides is 1. The third-order valence-electron chi connectivity index (χ3n) is 3.78. The molecule has 0 aliphatic carbocycles. The summed E-state index contributed by atoms with van der Waals surface area (Å²) < 4.78 is 23.2. The second kappa shape index (κ2) is 5.54. The predicted molar refractivity (Wildman–Crippen MR) is 79.3 cm³/mol. The van der Waals surface area contributed by atoms with Crippen LogP contribution in [0.5, 0.6) is 0 Å². The zero-order chi connectivity index (χ0) is 14.9. The Morgan fingerprint density at radius 3 is 2.70 bits per heavy atom. The van der Waals surface area contributed by atoms with E-state index < -0.39 is 15.1 Å². The van der Waals surface area contributed by atoms with Gasteiger partial charge in [-0.3, -0.25) is 4.79 Å². The van der Waals surface area contributed by atoms with Gasteiger partial charge >= 0.3 is 0 Å². The van der Waals surface area contributed by atoms with Gasteiger partial charge in [0.15, 0.2) is 9.84 Å². The number of fused-ring (bicyclic) bond motifs is 1. The van der Waals surface area contributed by atoms with E-state index in [4.69, 9.17) is 5.73 Å². The SMILES string of the molecule is CC(C(=O)N1CCCC(N)c2ccccc21)S(C)(=O)=O. The highest BCUT2D eigenvalue weighted by Crippen LogP contribution is 2.32. The van der Waals surface area contributed by atoms with Crippen molar-refractivity contribution < 1.29 is 13.2 Å². The molecule has 1 amide bonds. The Morgan fingerprint density at radius 2 is 2.05 bits per heavy atom. The van der Waals surface area contributed by atoms with E-state index in [1.54, 1.807) is 4.90 Å². The van der Waals surface area contributed by atoms with E-state index in [1.807, 2.05) is 24.3 Å².